The van der Waals surface area contributed by atoms with Gasteiger partial charge in [0.05, 0.1) is 39.3 Å². The summed E-state index contributed by atoms with van der Waals surface area (Å²) in [5.41, 5.74) is 0. The van der Waals surface area contributed by atoms with Crippen molar-refractivity contribution in [2.24, 2.45) is 0 Å². The number of hydrogen-bond donors (Lipinski definition) is 0. The number of likely N-dealkylation sites (N-methyl/N-ethyl adjacent to an activating group) is 2. The standard InChI is InChI=1S/C14H34N2/c1-7-15(8-2,9-3)13-14-16(10-4,11-5)12-6/h7-14H2,1-6H3/q+2. The van der Waals surface area contributed by atoms with Gasteiger partial charge in [0.15, 0.2) is 0 Å². The lowest BCUT2D eigenvalue weighted by molar-refractivity contribution is -0.976. The Balaban J connectivity index is 4.48. The van der Waals surface area contributed by atoms with Crippen molar-refractivity contribution < 1.29 is 8.97 Å². The van der Waals surface area contributed by atoms with Gasteiger partial charge in [-0.15, -0.1) is 0 Å². The predicted molar refractivity (Wildman–Crippen MR) is 73.5 cm³/mol. The van der Waals surface area contributed by atoms with Crippen molar-refractivity contribution in [3.05, 3.63) is 0 Å². The maximum Gasteiger partial charge on any atom is 0.128 e. The minimum atomic E-state index is 1.28. The highest BCUT2D eigenvalue weighted by molar-refractivity contribution is 4.42. The number of hydrogen-bond acceptors (Lipinski definition) is 0. The van der Waals surface area contributed by atoms with Gasteiger partial charge in [0.2, 0.25) is 0 Å². The molecular formula is C14H34N2+2. The third-order valence-electron chi connectivity index (χ3n) is 5.07. The van der Waals surface area contributed by atoms with Crippen LogP contribution in [0.1, 0.15) is 41.5 Å². The van der Waals surface area contributed by atoms with Crippen LogP contribution in [0.2, 0.25) is 0 Å². The molecule has 0 saturated heterocycles. The molecule has 0 fully saturated rings. The van der Waals surface area contributed by atoms with Crippen LogP contribution in [0.25, 0.3) is 0 Å². The first-order valence-corrected chi connectivity index (χ1v) is 7.27. The maximum absolute atomic E-state index is 2.34. The molecule has 2 nitrogen and oxygen atoms in total. The van der Waals surface area contributed by atoms with Crippen molar-refractivity contribution in [2.75, 3.05) is 52.4 Å². The van der Waals surface area contributed by atoms with Crippen molar-refractivity contribution in [2.45, 2.75) is 41.5 Å². The molecule has 0 bridgehead atoms. The highest BCUT2D eigenvalue weighted by atomic mass is 15.4. The smallest absolute Gasteiger partial charge is 0.128 e. The van der Waals surface area contributed by atoms with E-state index in [1.54, 1.807) is 0 Å². The van der Waals surface area contributed by atoms with Crippen LogP contribution in [0, 0.1) is 0 Å². The van der Waals surface area contributed by atoms with E-state index in [1.807, 2.05) is 0 Å². The van der Waals surface area contributed by atoms with Gasteiger partial charge < -0.3 is 8.97 Å². The van der Waals surface area contributed by atoms with E-state index in [0.717, 1.165) is 0 Å². The molecule has 0 unspecified atom stereocenters. The van der Waals surface area contributed by atoms with Crippen LogP contribution in [-0.2, 0) is 0 Å². The van der Waals surface area contributed by atoms with Gasteiger partial charge in [-0.2, -0.15) is 0 Å². The summed E-state index contributed by atoms with van der Waals surface area (Å²) in [6.07, 6.45) is 0. The summed E-state index contributed by atoms with van der Waals surface area (Å²) in [5, 5.41) is 0. The number of nitrogens with zero attached hydrogens (tertiary/aromatic N) is 2. The van der Waals surface area contributed by atoms with E-state index in [1.165, 1.54) is 61.3 Å². The molecule has 0 amide bonds. The van der Waals surface area contributed by atoms with Crippen LogP contribution in [0.3, 0.4) is 0 Å². The zero-order valence-electron chi connectivity index (χ0n) is 12.6. The first-order chi connectivity index (χ1) is 7.57. The maximum atomic E-state index is 2.34. The summed E-state index contributed by atoms with van der Waals surface area (Å²) in [4.78, 5) is 0. The minimum absolute atomic E-state index is 1.28. The monoisotopic (exact) mass is 230 g/mol. The van der Waals surface area contributed by atoms with E-state index in [2.05, 4.69) is 41.5 Å². The molecule has 0 N–H and O–H groups in total. The molecule has 16 heavy (non-hydrogen) atoms. The van der Waals surface area contributed by atoms with Gasteiger partial charge in [0.1, 0.15) is 13.1 Å². The molecule has 0 aromatic heterocycles. The van der Waals surface area contributed by atoms with E-state index in [9.17, 15) is 0 Å². The molecule has 0 aromatic rings. The lowest BCUT2D eigenvalue weighted by Crippen LogP contribution is -2.57. The molecule has 98 valence electrons. The Morgan fingerprint density at radius 3 is 0.750 bits per heavy atom. The summed E-state index contributed by atoms with van der Waals surface area (Å²) in [6, 6.07) is 0. The Morgan fingerprint density at radius 2 is 0.625 bits per heavy atom. The van der Waals surface area contributed by atoms with Gasteiger partial charge in [-0.25, -0.2) is 0 Å². The fraction of sp³-hybridized carbons (Fsp3) is 1.00. The highest BCUT2D eigenvalue weighted by Gasteiger charge is 2.28. The second-order valence-electron chi connectivity index (χ2n) is 5.03. The SMILES string of the molecule is CC[N+](CC)(CC)CC[N+](CC)(CC)CC. The van der Waals surface area contributed by atoms with Crippen molar-refractivity contribution in [3.63, 3.8) is 0 Å². The molecular weight excluding hydrogens is 196 g/mol. The molecule has 0 spiro atoms. The van der Waals surface area contributed by atoms with Crippen molar-refractivity contribution in [1.82, 2.24) is 0 Å². The quantitative estimate of drug-likeness (QED) is 0.534. The Hall–Kier alpha value is -0.0800. The zero-order chi connectivity index (χ0) is 12.7. The summed E-state index contributed by atoms with van der Waals surface area (Å²) < 4.78 is 2.58. The van der Waals surface area contributed by atoms with Crippen LogP contribution in [-0.4, -0.2) is 61.3 Å². The summed E-state index contributed by atoms with van der Waals surface area (Å²) in [6.45, 7) is 24.4. The van der Waals surface area contributed by atoms with E-state index >= 15 is 0 Å². The van der Waals surface area contributed by atoms with Crippen LogP contribution >= 0.6 is 0 Å². The topological polar surface area (TPSA) is 0 Å². The lowest BCUT2D eigenvalue weighted by atomic mass is 10.2. The van der Waals surface area contributed by atoms with Crippen molar-refractivity contribution in [1.29, 1.82) is 0 Å². The Morgan fingerprint density at radius 1 is 0.438 bits per heavy atom. The van der Waals surface area contributed by atoms with Gasteiger partial charge >= 0.3 is 0 Å². The zero-order valence-corrected chi connectivity index (χ0v) is 12.6. The van der Waals surface area contributed by atoms with Crippen molar-refractivity contribution in [3.8, 4) is 0 Å². The predicted octanol–water partition coefficient (Wildman–Crippen LogP) is 2.74. The molecule has 0 aliphatic carbocycles. The molecule has 0 atom stereocenters. The number of quaternary nitrogens is 2. The average Bonchev–Trinajstić information content (AvgIpc) is 2.37. The molecule has 0 saturated carbocycles. The second kappa shape index (κ2) is 7.29. The Kier molecular flexibility index (Phi) is 7.25. The molecule has 0 rings (SSSR count). The summed E-state index contributed by atoms with van der Waals surface area (Å²) >= 11 is 0. The fourth-order valence-electron chi connectivity index (χ4n) is 2.71. The summed E-state index contributed by atoms with van der Waals surface area (Å²) in [7, 11) is 0. The lowest BCUT2D eigenvalue weighted by Gasteiger charge is -2.41. The van der Waals surface area contributed by atoms with E-state index < -0.39 is 0 Å². The first-order valence-electron chi connectivity index (χ1n) is 7.27. The van der Waals surface area contributed by atoms with Gasteiger partial charge in [-0.05, 0) is 41.5 Å². The molecule has 0 aromatic carbocycles. The first kappa shape index (κ1) is 15.9. The van der Waals surface area contributed by atoms with Crippen LogP contribution in [0.4, 0.5) is 0 Å². The molecule has 0 aliphatic rings. The molecule has 0 heterocycles. The van der Waals surface area contributed by atoms with Crippen LogP contribution < -0.4 is 0 Å². The van der Waals surface area contributed by atoms with Crippen molar-refractivity contribution >= 4 is 0 Å². The molecule has 0 aliphatic heterocycles. The van der Waals surface area contributed by atoms with Gasteiger partial charge in [0, 0.05) is 0 Å². The average molecular weight is 230 g/mol. The van der Waals surface area contributed by atoms with Crippen LogP contribution in [0.5, 0.6) is 0 Å². The minimum Gasteiger partial charge on any atom is -0.320 e. The van der Waals surface area contributed by atoms with Gasteiger partial charge in [0.25, 0.3) is 0 Å². The van der Waals surface area contributed by atoms with E-state index in [-0.39, 0.29) is 0 Å². The fourth-order valence-corrected chi connectivity index (χ4v) is 2.71. The molecule has 0 radical (unpaired) electrons. The van der Waals surface area contributed by atoms with E-state index in [0.29, 0.717) is 0 Å². The van der Waals surface area contributed by atoms with Gasteiger partial charge in [-0.3, -0.25) is 0 Å². The highest BCUT2D eigenvalue weighted by Crippen LogP contribution is 2.11. The van der Waals surface area contributed by atoms with Gasteiger partial charge in [-0.1, -0.05) is 0 Å². The molecule has 2 heteroatoms. The summed E-state index contributed by atoms with van der Waals surface area (Å²) in [5.74, 6) is 0. The largest absolute Gasteiger partial charge is 0.320 e. The number of rotatable bonds is 9. The van der Waals surface area contributed by atoms with E-state index in [4.69, 9.17) is 0 Å². The third-order valence-corrected chi connectivity index (χ3v) is 5.07. The van der Waals surface area contributed by atoms with Crippen LogP contribution in [0.15, 0.2) is 0 Å². The third kappa shape index (κ3) is 3.74. The Labute approximate surface area is 103 Å². The normalized spacial score (nSPS) is 13.1. The Bertz CT molecular complexity index is 133. The second-order valence-corrected chi connectivity index (χ2v) is 5.03.